The fourth-order valence-corrected chi connectivity index (χ4v) is 1.97. The predicted molar refractivity (Wildman–Crippen MR) is 77.2 cm³/mol. The van der Waals surface area contributed by atoms with Gasteiger partial charge in [0, 0.05) is 26.2 Å². The monoisotopic (exact) mass is 266 g/mol. The summed E-state index contributed by atoms with van der Waals surface area (Å²) in [6.45, 7) is 1.97. The number of hydrogen-bond acceptors (Lipinski definition) is 2. The number of carbonyl (C=O) groups excluding carboxylic acids is 1. The Balaban J connectivity index is 0.00000162. The van der Waals surface area contributed by atoms with Crippen LogP contribution >= 0.6 is 12.4 Å². The van der Waals surface area contributed by atoms with Crippen LogP contribution in [0.3, 0.4) is 0 Å². The molecule has 1 amide bonds. The van der Waals surface area contributed by atoms with E-state index in [0.717, 1.165) is 25.1 Å². The maximum Gasteiger partial charge on any atom is 0.253 e. The zero-order chi connectivity index (χ0) is 12.3. The van der Waals surface area contributed by atoms with E-state index in [0.29, 0.717) is 0 Å². The van der Waals surface area contributed by atoms with Gasteiger partial charge in [0.2, 0.25) is 0 Å². The highest BCUT2D eigenvalue weighted by Gasteiger charge is 2.09. The Morgan fingerprint density at radius 2 is 1.89 bits per heavy atom. The highest BCUT2D eigenvalue weighted by molar-refractivity contribution is 5.94. The van der Waals surface area contributed by atoms with Gasteiger partial charge in [-0.05, 0) is 36.2 Å². The van der Waals surface area contributed by atoms with Gasteiger partial charge in [-0.25, -0.2) is 0 Å². The van der Waals surface area contributed by atoms with E-state index in [2.05, 4.69) is 11.4 Å². The Labute approximate surface area is 114 Å². The molecule has 4 heteroatoms. The first-order valence-corrected chi connectivity index (χ1v) is 5.90. The van der Waals surface area contributed by atoms with Crippen molar-refractivity contribution in [3.63, 3.8) is 0 Å². The maximum absolute atomic E-state index is 11.7. The minimum atomic E-state index is 0. The molecule has 1 aliphatic rings. The fraction of sp³-hybridized carbons (Fsp3) is 0.357. The van der Waals surface area contributed by atoms with Crippen molar-refractivity contribution in [2.24, 2.45) is 0 Å². The van der Waals surface area contributed by atoms with Gasteiger partial charge in [0.15, 0.2) is 0 Å². The summed E-state index contributed by atoms with van der Waals surface area (Å²) in [5, 5.41) is 3.29. The summed E-state index contributed by atoms with van der Waals surface area (Å²) in [5.41, 5.74) is 3.34. The third kappa shape index (κ3) is 3.34. The minimum Gasteiger partial charge on any atom is -0.345 e. The standard InChI is InChI=1S/C14H18N2O.ClH/c1-16(2)14(17)13-5-3-11(4-6-13)12-7-9-15-10-8-12;/h3-7,15H,8-10H2,1-2H3;1H. The first-order chi connectivity index (χ1) is 8.18. The molecule has 0 unspecified atom stereocenters. The third-order valence-corrected chi connectivity index (χ3v) is 2.97. The molecule has 0 spiro atoms. The molecule has 18 heavy (non-hydrogen) atoms. The van der Waals surface area contributed by atoms with Crippen LogP contribution in [0.25, 0.3) is 5.57 Å². The fourth-order valence-electron chi connectivity index (χ4n) is 1.97. The summed E-state index contributed by atoms with van der Waals surface area (Å²) in [6, 6.07) is 7.88. The van der Waals surface area contributed by atoms with Gasteiger partial charge < -0.3 is 10.2 Å². The SMILES string of the molecule is CN(C)C(=O)c1ccc(C2=CCNCC2)cc1.Cl. The first-order valence-electron chi connectivity index (χ1n) is 5.90. The second-order valence-corrected chi connectivity index (χ2v) is 4.46. The van der Waals surface area contributed by atoms with E-state index in [1.165, 1.54) is 11.1 Å². The number of hydrogen-bond donors (Lipinski definition) is 1. The summed E-state index contributed by atoms with van der Waals surface area (Å²) in [7, 11) is 3.54. The molecule has 1 aromatic carbocycles. The van der Waals surface area contributed by atoms with E-state index in [9.17, 15) is 4.79 Å². The molecule has 3 nitrogen and oxygen atoms in total. The lowest BCUT2D eigenvalue weighted by molar-refractivity contribution is 0.0827. The molecule has 2 rings (SSSR count). The molecule has 0 saturated heterocycles. The van der Waals surface area contributed by atoms with E-state index >= 15 is 0 Å². The van der Waals surface area contributed by atoms with Crippen LogP contribution in [0.2, 0.25) is 0 Å². The van der Waals surface area contributed by atoms with Gasteiger partial charge >= 0.3 is 0 Å². The Bertz CT molecular complexity index is 438. The van der Waals surface area contributed by atoms with Crippen LogP contribution in [-0.2, 0) is 0 Å². The highest BCUT2D eigenvalue weighted by atomic mass is 35.5. The molecular weight excluding hydrogens is 248 g/mol. The molecule has 0 aromatic heterocycles. The number of halogens is 1. The molecule has 0 bridgehead atoms. The van der Waals surface area contributed by atoms with Gasteiger partial charge in [-0.2, -0.15) is 0 Å². The lowest BCUT2D eigenvalue weighted by atomic mass is 9.99. The third-order valence-electron chi connectivity index (χ3n) is 2.97. The molecule has 0 fully saturated rings. The van der Waals surface area contributed by atoms with Crippen molar-refractivity contribution >= 4 is 23.9 Å². The Hall–Kier alpha value is -1.32. The number of nitrogens with one attached hydrogen (secondary N) is 1. The number of nitrogens with zero attached hydrogens (tertiary/aromatic N) is 1. The molecule has 1 heterocycles. The molecule has 0 saturated carbocycles. The summed E-state index contributed by atoms with van der Waals surface area (Å²) in [4.78, 5) is 13.3. The number of rotatable bonds is 2. The summed E-state index contributed by atoms with van der Waals surface area (Å²) in [6.07, 6.45) is 3.27. The van der Waals surface area contributed by atoms with Crippen LogP contribution < -0.4 is 5.32 Å². The van der Waals surface area contributed by atoms with E-state index in [4.69, 9.17) is 0 Å². The van der Waals surface area contributed by atoms with Gasteiger partial charge in [0.05, 0.1) is 0 Å². The molecule has 1 aromatic rings. The lowest BCUT2D eigenvalue weighted by Gasteiger charge is -2.15. The van der Waals surface area contributed by atoms with Crippen molar-refractivity contribution in [1.29, 1.82) is 0 Å². The zero-order valence-corrected chi connectivity index (χ0v) is 11.6. The quantitative estimate of drug-likeness (QED) is 0.890. The number of benzene rings is 1. The van der Waals surface area contributed by atoms with Crippen molar-refractivity contribution < 1.29 is 4.79 Å². The average Bonchev–Trinajstić information content (AvgIpc) is 2.39. The average molecular weight is 267 g/mol. The predicted octanol–water partition coefficient (Wildman–Crippen LogP) is 2.19. The Morgan fingerprint density at radius 3 is 2.39 bits per heavy atom. The van der Waals surface area contributed by atoms with Gasteiger partial charge in [0.1, 0.15) is 0 Å². The van der Waals surface area contributed by atoms with Crippen molar-refractivity contribution in [2.75, 3.05) is 27.2 Å². The van der Waals surface area contributed by atoms with Crippen molar-refractivity contribution in [2.45, 2.75) is 6.42 Å². The van der Waals surface area contributed by atoms with E-state index in [1.807, 2.05) is 24.3 Å². The normalized spacial score (nSPS) is 14.4. The largest absolute Gasteiger partial charge is 0.345 e. The van der Waals surface area contributed by atoms with Crippen LogP contribution in [0.5, 0.6) is 0 Å². The van der Waals surface area contributed by atoms with E-state index in [1.54, 1.807) is 19.0 Å². The van der Waals surface area contributed by atoms with Crippen LogP contribution in [0.1, 0.15) is 22.3 Å². The van der Waals surface area contributed by atoms with E-state index in [-0.39, 0.29) is 18.3 Å². The smallest absolute Gasteiger partial charge is 0.253 e. The van der Waals surface area contributed by atoms with Crippen LogP contribution in [0.15, 0.2) is 30.3 Å². The van der Waals surface area contributed by atoms with Crippen molar-refractivity contribution in [3.05, 3.63) is 41.5 Å². The zero-order valence-electron chi connectivity index (χ0n) is 10.8. The molecule has 0 radical (unpaired) electrons. The number of amides is 1. The molecule has 0 aliphatic carbocycles. The molecule has 0 atom stereocenters. The van der Waals surface area contributed by atoms with Gasteiger partial charge in [-0.15, -0.1) is 12.4 Å². The van der Waals surface area contributed by atoms with Crippen molar-refractivity contribution in [3.8, 4) is 0 Å². The molecular formula is C14H19ClN2O. The molecule has 98 valence electrons. The molecule has 1 N–H and O–H groups in total. The number of carbonyl (C=O) groups is 1. The van der Waals surface area contributed by atoms with Crippen molar-refractivity contribution in [1.82, 2.24) is 10.2 Å². The Morgan fingerprint density at radius 1 is 1.22 bits per heavy atom. The Kier molecular flexibility index (Phi) is 5.38. The highest BCUT2D eigenvalue weighted by Crippen LogP contribution is 2.20. The summed E-state index contributed by atoms with van der Waals surface area (Å²) in [5.74, 6) is 0.0517. The first kappa shape index (κ1) is 14.7. The second kappa shape index (κ2) is 6.57. The van der Waals surface area contributed by atoms with Gasteiger partial charge in [-0.1, -0.05) is 18.2 Å². The maximum atomic E-state index is 11.7. The minimum absolute atomic E-state index is 0. The summed E-state index contributed by atoms with van der Waals surface area (Å²) >= 11 is 0. The van der Waals surface area contributed by atoms with Crippen LogP contribution in [-0.4, -0.2) is 38.0 Å². The lowest BCUT2D eigenvalue weighted by Crippen LogP contribution is -2.21. The van der Waals surface area contributed by atoms with Gasteiger partial charge in [-0.3, -0.25) is 4.79 Å². The summed E-state index contributed by atoms with van der Waals surface area (Å²) < 4.78 is 0. The van der Waals surface area contributed by atoms with E-state index < -0.39 is 0 Å². The topological polar surface area (TPSA) is 32.3 Å². The second-order valence-electron chi connectivity index (χ2n) is 4.46. The molecule has 1 aliphatic heterocycles. The van der Waals surface area contributed by atoms with Crippen LogP contribution in [0, 0.1) is 0 Å². The van der Waals surface area contributed by atoms with Crippen LogP contribution in [0.4, 0.5) is 0 Å². The van der Waals surface area contributed by atoms with Gasteiger partial charge in [0.25, 0.3) is 5.91 Å².